The van der Waals surface area contributed by atoms with Crippen molar-refractivity contribution in [3.05, 3.63) is 27.7 Å². The van der Waals surface area contributed by atoms with Crippen molar-refractivity contribution in [1.82, 2.24) is 4.31 Å². The highest BCUT2D eigenvalue weighted by Gasteiger charge is 2.31. The van der Waals surface area contributed by atoms with Gasteiger partial charge in [-0.1, -0.05) is 23.2 Å². The Morgan fingerprint density at radius 1 is 1.29 bits per heavy atom. The smallest absolute Gasteiger partial charge is 0.244 e. The zero-order chi connectivity index (χ0) is 15.6. The van der Waals surface area contributed by atoms with E-state index >= 15 is 0 Å². The number of hydrogen-bond donors (Lipinski definition) is 1. The number of benzene rings is 1. The number of aliphatic hydroxyl groups is 1. The Hall–Kier alpha value is -0.370. The predicted molar refractivity (Wildman–Crippen MR) is 81.2 cm³/mol. The molecular weight excluding hydrogens is 337 g/mol. The van der Waals surface area contributed by atoms with Gasteiger partial charge in [-0.3, -0.25) is 0 Å². The van der Waals surface area contributed by atoms with Gasteiger partial charge in [0.1, 0.15) is 4.90 Å². The molecule has 5 nitrogen and oxygen atoms in total. The molecule has 1 aromatic rings. The van der Waals surface area contributed by atoms with E-state index in [1.807, 2.05) is 0 Å². The molecule has 0 amide bonds. The second-order valence-corrected chi connectivity index (χ2v) is 7.59. The van der Waals surface area contributed by atoms with E-state index < -0.39 is 10.0 Å². The molecule has 0 radical (unpaired) electrons. The van der Waals surface area contributed by atoms with Gasteiger partial charge in [0.05, 0.1) is 17.7 Å². The lowest BCUT2D eigenvalue weighted by atomic mass is 10.1. The van der Waals surface area contributed by atoms with Crippen LogP contribution in [0.4, 0.5) is 0 Å². The average Bonchev–Trinajstić information content (AvgIpc) is 2.47. The number of nitrogens with zero attached hydrogens (tertiary/aromatic N) is 1. The third kappa shape index (κ3) is 3.52. The summed E-state index contributed by atoms with van der Waals surface area (Å²) in [5.74, 6) is 0. The van der Waals surface area contributed by atoms with Crippen LogP contribution in [0, 0.1) is 0 Å². The van der Waals surface area contributed by atoms with Crippen molar-refractivity contribution in [2.45, 2.75) is 30.4 Å². The molecule has 1 fully saturated rings. The van der Waals surface area contributed by atoms with Crippen LogP contribution in [-0.4, -0.2) is 44.1 Å². The molecule has 0 aliphatic carbocycles. The van der Waals surface area contributed by atoms with E-state index in [0.29, 0.717) is 31.5 Å². The number of sulfonamides is 1. The van der Waals surface area contributed by atoms with E-state index in [9.17, 15) is 13.5 Å². The summed E-state index contributed by atoms with van der Waals surface area (Å²) in [4.78, 5) is -0.0199. The van der Waals surface area contributed by atoms with Crippen LogP contribution >= 0.6 is 23.2 Å². The molecule has 1 heterocycles. The van der Waals surface area contributed by atoms with Crippen LogP contribution in [0.15, 0.2) is 17.0 Å². The van der Waals surface area contributed by atoms with Gasteiger partial charge in [-0.2, -0.15) is 4.31 Å². The molecule has 0 atom stereocenters. The number of ether oxygens (including phenoxy) is 1. The number of hydrogen-bond acceptors (Lipinski definition) is 4. The Balaban J connectivity index is 2.32. The van der Waals surface area contributed by atoms with E-state index in [2.05, 4.69) is 0 Å². The molecule has 0 spiro atoms. The zero-order valence-electron chi connectivity index (χ0n) is 11.6. The maximum absolute atomic E-state index is 12.7. The Morgan fingerprint density at radius 3 is 2.43 bits per heavy atom. The molecule has 118 valence electrons. The van der Waals surface area contributed by atoms with Crippen LogP contribution < -0.4 is 0 Å². The summed E-state index contributed by atoms with van der Waals surface area (Å²) in [6, 6.07) is 2.69. The first-order chi connectivity index (χ1) is 9.90. The first-order valence-corrected chi connectivity index (χ1v) is 8.71. The van der Waals surface area contributed by atoms with E-state index in [1.165, 1.54) is 16.4 Å². The fourth-order valence-electron chi connectivity index (χ4n) is 2.34. The average molecular weight is 354 g/mol. The lowest BCUT2D eigenvalue weighted by Crippen LogP contribution is -2.40. The third-order valence-electron chi connectivity index (χ3n) is 3.62. The fourth-order valence-corrected chi connectivity index (χ4v) is 4.64. The van der Waals surface area contributed by atoms with Crippen molar-refractivity contribution in [2.75, 3.05) is 20.2 Å². The highest BCUT2D eigenvalue weighted by Crippen LogP contribution is 2.32. The second kappa shape index (κ2) is 6.81. The van der Waals surface area contributed by atoms with Crippen LogP contribution in [0.5, 0.6) is 0 Å². The van der Waals surface area contributed by atoms with Crippen LogP contribution in [0.1, 0.15) is 18.4 Å². The number of halogens is 2. The van der Waals surface area contributed by atoms with Gasteiger partial charge < -0.3 is 9.84 Å². The summed E-state index contributed by atoms with van der Waals surface area (Å²) in [6.45, 7) is 0.423. The molecule has 1 N–H and O–H groups in total. The van der Waals surface area contributed by atoms with E-state index in [0.717, 1.165) is 0 Å². The number of aliphatic hydroxyl groups excluding tert-OH is 1. The van der Waals surface area contributed by atoms with Gasteiger partial charge in [0.15, 0.2) is 0 Å². The minimum atomic E-state index is -3.70. The molecule has 0 aromatic heterocycles. The maximum Gasteiger partial charge on any atom is 0.244 e. The molecule has 0 saturated carbocycles. The van der Waals surface area contributed by atoms with Crippen molar-refractivity contribution in [1.29, 1.82) is 0 Å². The molecule has 0 bridgehead atoms. The summed E-state index contributed by atoms with van der Waals surface area (Å²) in [5.41, 5.74) is 0.339. The van der Waals surface area contributed by atoms with Gasteiger partial charge in [0, 0.05) is 25.2 Å². The van der Waals surface area contributed by atoms with Gasteiger partial charge in [-0.25, -0.2) is 8.42 Å². The molecule has 1 aliphatic rings. The molecule has 2 rings (SSSR count). The summed E-state index contributed by atoms with van der Waals surface area (Å²) < 4.78 is 31.9. The summed E-state index contributed by atoms with van der Waals surface area (Å²) in [5, 5.41) is 9.53. The zero-order valence-corrected chi connectivity index (χ0v) is 13.9. The molecular formula is C13H17Cl2NO4S. The van der Waals surface area contributed by atoms with Gasteiger partial charge in [-0.15, -0.1) is 0 Å². The van der Waals surface area contributed by atoms with E-state index in [-0.39, 0.29) is 27.7 Å². The molecule has 1 aromatic carbocycles. The summed E-state index contributed by atoms with van der Waals surface area (Å²) >= 11 is 11.9. The molecule has 1 saturated heterocycles. The number of rotatable bonds is 4. The van der Waals surface area contributed by atoms with Crippen LogP contribution in [0.2, 0.25) is 10.0 Å². The highest BCUT2D eigenvalue weighted by molar-refractivity contribution is 7.89. The Kier molecular flexibility index (Phi) is 5.51. The van der Waals surface area contributed by atoms with Gasteiger partial charge in [0.2, 0.25) is 10.0 Å². The minimum Gasteiger partial charge on any atom is -0.392 e. The fraction of sp³-hybridized carbons (Fsp3) is 0.538. The Morgan fingerprint density at radius 2 is 1.90 bits per heavy atom. The topological polar surface area (TPSA) is 66.8 Å². The molecule has 8 heteroatoms. The SMILES string of the molecule is COC1CCN(S(=O)(=O)c2cc(CO)c(Cl)cc2Cl)CC1. The molecule has 1 aliphatic heterocycles. The van der Waals surface area contributed by atoms with Crippen molar-refractivity contribution in [2.24, 2.45) is 0 Å². The van der Waals surface area contributed by atoms with Gasteiger partial charge in [0.25, 0.3) is 0 Å². The molecule has 21 heavy (non-hydrogen) atoms. The van der Waals surface area contributed by atoms with E-state index in [1.54, 1.807) is 7.11 Å². The standard InChI is InChI=1S/C13H17Cl2NO4S/c1-20-10-2-4-16(5-3-10)21(18,19)13-6-9(8-17)11(14)7-12(13)15/h6-7,10,17H,2-5,8H2,1H3. The van der Waals surface area contributed by atoms with Gasteiger partial charge >= 0.3 is 0 Å². The van der Waals surface area contributed by atoms with Crippen molar-refractivity contribution >= 4 is 33.2 Å². The lowest BCUT2D eigenvalue weighted by molar-refractivity contribution is 0.0604. The number of piperidine rings is 1. The first kappa shape index (κ1) is 17.0. The van der Waals surface area contributed by atoms with Crippen LogP contribution in [0.25, 0.3) is 0 Å². The second-order valence-electron chi connectivity index (χ2n) is 4.87. The quantitative estimate of drug-likeness (QED) is 0.901. The number of methoxy groups -OCH3 is 1. The van der Waals surface area contributed by atoms with Crippen molar-refractivity contribution < 1.29 is 18.3 Å². The Labute approximate surface area is 134 Å². The maximum atomic E-state index is 12.7. The molecule has 0 unspecified atom stereocenters. The monoisotopic (exact) mass is 353 g/mol. The van der Waals surface area contributed by atoms with E-state index in [4.69, 9.17) is 27.9 Å². The predicted octanol–water partition coefficient (Wildman–Crippen LogP) is 2.29. The largest absolute Gasteiger partial charge is 0.392 e. The van der Waals surface area contributed by atoms with Crippen molar-refractivity contribution in [3.63, 3.8) is 0 Å². The normalized spacial score (nSPS) is 18.1. The third-order valence-corrected chi connectivity index (χ3v) is 6.34. The lowest BCUT2D eigenvalue weighted by Gasteiger charge is -2.30. The minimum absolute atomic E-state index is 0.0199. The summed E-state index contributed by atoms with van der Waals surface area (Å²) in [7, 11) is -2.07. The van der Waals surface area contributed by atoms with Crippen molar-refractivity contribution in [3.8, 4) is 0 Å². The Bertz CT molecular complexity index is 613. The summed E-state index contributed by atoms with van der Waals surface area (Å²) in [6.07, 6.45) is 1.38. The first-order valence-electron chi connectivity index (χ1n) is 6.52. The highest BCUT2D eigenvalue weighted by atomic mass is 35.5. The van der Waals surface area contributed by atoms with Crippen LogP contribution in [0.3, 0.4) is 0 Å². The van der Waals surface area contributed by atoms with Crippen LogP contribution in [-0.2, 0) is 21.4 Å². The van der Waals surface area contributed by atoms with Gasteiger partial charge in [-0.05, 0) is 30.5 Å².